The number of nitrogens with zero attached hydrogens (tertiary/aromatic N) is 1. The number of benzene rings is 2. The maximum atomic E-state index is 11.5. The fraction of sp³-hybridized carbons (Fsp3) is 0.105. The minimum atomic E-state index is -0.959. The Bertz CT molecular complexity index is 972. The molecular weight excluding hydrogens is 334 g/mol. The summed E-state index contributed by atoms with van der Waals surface area (Å²) in [5.41, 5.74) is 8.15. The molecule has 2 aromatic carbocycles. The second kappa shape index (κ2) is 7.98. The third-order valence-corrected chi connectivity index (χ3v) is 3.61. The van der Waals surface area contributed by atoms with Crippen LogP contribution in [0, 0.1) is 5.41 Å². The van der Waals surface area contributed by atoms with Crippen LogP contribution in [-0.4, -0.2) is 32.6 Å². The van der Waals surface area contributed by atoms with Crippen molar-refractivity contribution in [1.29, 1.82) is 5.41 Å². The van der Waals surface area contributed by atoms with Crippen LogP contribution >= 0.6 is 0 Å². The zero-order chi connectivity index (χ0) is 19.3. The van der Waals surface area contributed by atoms with E-state index < -0.39 is 11.9 Å². The predicted octanol–water partition coefficient (Wildman–Crippen LogP) is 2.76. The number of carboxylic acids is 2. The maximum Gasteiger partial charge on any atom is 0.352 e. The Morgan fingerprint density at radius 1 is 1.08 bits per heavy atom. The van der Waals surface area contributed by atoms with Gasteiger partial charge in [0.1, 0.15) is 11.5 Å². The second-order valence-corrected chi connectivity index (χ2v) is 5.61. The number of nitrogens with one attached hydrogen (secondary N) is 1. The van der Waals surface area contributed by atoms with E-state index in [9.17, 15) is 9.90 Å². The number of fused-ring (bicyclic) bond motifs is 1. The smallest absolute Gasteiger partial charge is 0.352 e. The van der Waals surface area contributed by atoms with Crippen molar-refractivity contribution in [3.8, 4) is 0 Å². The highest BCUT2D eigenvalue weighted by molar-refractivity contribution is 5.95. The Balaban J connectivity index is 0.000000552. The summed E-state index contributed by atoms with van der Waals surface area (Å²) in [6.45, 7) is 1.50. The summed E-state index contributed by atoms with van der Waals surface area (Å²) in [5, 5.41) is 25.2. The molecule has 3 rings (SSSR count). The number of carboxylic acid groups (broad SMARTS) is 2. The fourth-order valence-corrected chi connectivity index (χ4v) is 2.58. The van der Waals surface area contributed by atoms with E-state index in [1.165, 1.54) is 0 Å². The van der Waals surface area contributed by atoms with Crippen LogP contribution in [0.5, 0.6) is 0 Å². The molecule has 0 unspecified atom stereocenters. The van der Waals surface area contributed by atoms with Gasteiger partial charge < -0.3 is 20.5 Å². The Morgan fingerprint density at radius 3 is 2.35 bits per heavy atom. The number of aromatic carboxylic acids is 1. The zero-order valence-corrected chi connectivity index (χ0v) is 14.1. The summed E-state index contributed by atoms with van der Waals surface area (Å²) < 4.78 is 1.76. The molecule has 0 bridgehead atoms. The molecule has 0 aliphatic rings. The van der Waals surface area contributed by atoms with E-state index >= 15 is 0 Å². The monoisotopic (exact) mass is 353 g/mol. The molecule has 5 N–H and O–H groups in total. The molecular formula is C19H19N3O4. The summed E-state index contributed by atoms with van der Waals surface area (Å²) in [7, 11) is 0. The molecule has 0 spiro atoms. The second-order valence-electron chi connectivity index (χ2n) is 5.61. The first-order valence-electron chi connectivity index (χ1n) is 7.74. The first-order chi connectivity index (χ1) is 12.3. The number of para-hydroxylation sites is 1. The maximum absolute atomic E-state index is 11.5. The number of rotatable bonds is 4. The first-order valence-corrected chi connectivity index (χ1v) is 7.74. The topological polar surface area (TPSA) is 129 Å². The number of nitrogen functional groups attached to an aromatic ring is 1. The van der Waals surface area contributed by atoms with Gasteiger partial charge in [-0.25, -0.2) is 4.79 Å². The predicted molar refractivity (Wildman–Crippen MR) is 98.8 cm³/mol. The van der Waals surface area contributed by atoms with Crippen LogP contribution in [0.15, 0.2) is 54.6 Å². The van der Waals surface area contributed by atoms with Crippen molar-refractivity contribution in [2.45, 2.75) is 13.5 Å². The normalized spacial score (nSPS) is 10.0. The van der Waals surface area contributed by atoms with Crippen LogP contribution in [0.1, 0.15) is 28.5 Å². The summed E-state index contributed by atoms with van der Waals surface area (Å²) in [6.07, 6.45) is 0. The molecule has 0 saturated heterocycles. The van der Waals surface area contributed by atoms with Crippen molar-refractivity contribution in [1.82, 2.24) is 4.57 Å². The number of hydrogen-bond acceptors (Lipinski definition) is 3. The van der Waals surface area contributed by atoms with E-state index in [0.29, 0.717) is 12.1 Å². The Kier molecular flexibility index (Phi) is 5.74. The van der Waals surface area contributed by atoms with Crippen LogP contribution in [0.2, 0.25) is 0 Å². The molecule has 0 atom stereocenters. The van der Waals surface area contributed by atoms with Gasteiger partial charge >= 0.3 is 5.97 Å². The van der Waals surface area contributed by atoms with Gasteiger partial charge in [0.2, 0.25) is 0 Å². The van der Waals surface area contributed by atoms with Gasteiger partial charge in [-0.1, -0.05) is 36.4 Å². The van der Waals surface area contributed by atoms with Crippen molar-refractivity contribution < 1.29 is 19.8 Å². The largest absolute Gasteiger partial charge is 0.481 e. The number of amidine groups is 1. The minimum absolute atomic E-state index is 0.00216. The van der Waals surface area contributed by atoms with Crippen LogP contribution < -0.4 is 5.73 Å². The molecule has 1 heterocycles. The fourth-order valence-electron chi connectivity index (χ4n) is 2.58. The third-order valence-electron chi connectivity index (χ3n) is 3.61. The lowest BCUT2D eigenvalue weighted by Gasteiger charge is -2.10. The summed E-state index contributed by atoms with van der Waals surface area (Å²) in [5.74, 6) is -1.79. The number of hydrogen-bond donors (Lipinski definition) is 4. The first kappa shape index (κ1) is 18.7. The lowest BCUT2D eigenvalue weighted by Crippen LogP contribution is -2.13. The Morgan fingerprint density at radius 2 is 1.73 bits per heavy atom. The van der Waals surface area contributed by atoms with Gasteiger partial charge in [0.05, 0.1) is 0 Å². The van der Waals surface area contributed by atoms with Crippen molar-refractivity contribution in [3.63, 3.8) is 0 Å². The molecule has 7 heteroatoms. The SMILES string of the molecule is CC(=O)O.N=C(N)c1cccc(Cn2c(C(=O)O)cc3ccccc32)c1. The number of aromatic nitrogens is 1. The van der Waals surface area contributed by atoms with Crippen LogP contribution in [0.3, 0.4) is 0 Å². The Labute approximate surface area is 149 Å². The molecule has 0 fully saturated rings. The molecule has 26 heavy (non-hydrogen) atoms. The zero-order valence-electron chi connectivity index (χ0n) is 14.1. The summed E-state index contributed by atoms with van der Waals surface area (Å²) in [4.78, 5) is 20.5. The highest BCUT2D eigenvalue weighted by Crippen LogP contribution is 2.21. The lowest BCUT2D eigenvalue weighted by atomic mass is 10.1. The van der Waals surface area contributed by atoms with E-state index in [0.717, 1.165) is 23.4 Å². The third kappa shape index (κ3) is 4.47. The molecule has 7 nitrogen and oxygen atoms in total. The lowest BCUT2D eigenvalue weighted by molar-refractivity contribution is -0.134. The van der Waals surface area contributed by atoms with E-state index in [4.69, 9.17) is 21.0 Å². The van der Waals surface area contributed by atoms with Crippen molar-refractivity contribution in [2.24, 2.45) is 5.73 Å². The van der Waals surface area contributed by atoms with E-state index in [-0.39, 0.29) is 11.5 Å². The van der Waals surface area contributed by atoms with Gasteiger partial charge in [-0.05, 0) is 23.8 Å². The average Bonchev–Trinajstić information content (AvgIpc) is 2.94. The van der Waals surface area contributed by atoms with Gasteiger partial charge in [0.15, 0.2) is 0 Å². The molecule has 3 aromatic rings. The molecule has 1 aromatic heterocycles. The number of carbonyl (C=O) groups is 2. The minimum Gasteiger partial charge on any atom is -0.481 e. The molecule has 0 saturated carbocycles. The quantitative estimate of drug-likeness (QED) is 0.423. The van der Waals surface area contributed by atoms with Gasteiger partial charge in [0.25, 0.3) is 5.97 Å². The van der Waals surface area contributed by atoms with Crippen LogP contribution in [-0.2, 0) is 11.3 Å². The Hall–Kier alpha value is -3.61. The van der Waals surface area contributed by atoms with Gasteiger partial charge in [0, 0.05) is 29.9 Å². The van der Waals surface area contributed by atoms with Crippen molar-refractivity contribution in [2.75, 3.05) is 0 Å². The standard InChI is InChI=1S/C17H15N3O2.C2H4O2/c18-16(19)13-6-3-4-11(8-13)10-20-14-7-2-1-5-12(14)9-15(20)17(21)22;1-2(3)4/h1-9H,10H2,(H3,18,19)(H,21,22);1H3,(H,3,4). The van der Waals surface area contributed by atoms with E-state index in [1.54, 1.807) is 16.7 Å². The molecule has 0 aliphatic carbocycles. The van der Waals surface area contributed by atoms with Crippen LogP contribution in [0.4, 0.5) is 0 Å². The van der Waals surface area contributed by atoms with Crippen molar-refractivity contribution in [3.05, 3.63) is 71.4 Å². The molecule has 0 radical (unpaired) electrons. The highest BCUT2D eigenvalue weighted by Gasteiger charge is 2.14. The van der Waals surface area contributed by atoms with Gasteiger partial charge in [-0.3, -0.25) is 10.2 Å². The van der Waals surface area contributed by atoms with E-state index in [2.05, 4.69) is 0 Å². The summed E-state index contributed by atoms with van der Waals surface area (Å²) >= 11 is 0. The molecule has 134 valence electrons. The van der Waals surface area contributed by atoms with Crippen LogP contribution in [0.25, 0.3) is 10.9 Å². The van der Waals surface area contributed by atoms with Gasteiger partial charge in [-0.2, -0.15) is 0 Å². The average molecular weight is 353 g/mol. The molecule has 0 amide bonds. The van der Waals surface area contributed by atoms with E-state index in [1.807, 2.05) is 42.5 Å². The number of aliphatic carboxylic acids is 1. The summed E-state index contributed by atoms with van der Waals surface area (Å²) in [6, 6.07) is 16.5. The number of nitrogens with two attached hydrogens (primary N) is 1. The molecule has 0 aliphatic heterocycles. The highest BCUT2D eigenvalue weighted by atomic mass is 16.4. The van der Waals surface area contributed by atoms with Gasteiger partial charge in [-0.15, -0.1) is 0 Å². The van der Waals surface area contributed by atoms with Crippen molar-refractivity contribution >= 4 is 28.7 Å².